The van der Waals surface area contributed by atoms with Crippen LogP contribution in [0.25, 0.3) is 0 Å². The molecule has 1 amide bonds. The highest BCUT2D eigenvalue weighted by Crippen LogP contribution is 2.26. The topological polar surface area (TPSA) is 41.1 Å². The first-order chi connectivity index (χ1) is 8.69. The third-order valence-corrected chi connectivity index (χ3v) is 2.90. The fourth-order valence-corrected chi connectivity index (χ4v) is 1.92. The van der Waals surface area contributed by atoms with Gasteiger partial charge >= 0.3 is 0 Å². The van der Waals surface area contributed by atoms with Crippen LogP contribution in [0.1, 0.15) is 27.2 Å². The SMILES string of the molecule is CC(C)(C)NCCC(=O)Nc1c(F)cc(F)cc1Br. The van der Waals surface area contributed by atoms with E-state index in [4.69, 9.17) is 0 Å². The van der Waals surface area contributed by atoms with E-state index in [9.17, 15) is 13.6 Å². The van der Waals surface area contributed by atoms with Crippen molar-refractivity contribution in [2.45, 2.75) is 32.7 Å². The van der Waals surface area contributed by atoms with Crippen LogP contribution in [0.4, 0.5) is 14.5 Å². The largest absolute Gasteiger partial charge is 0.323 e. The molecule has 3 nitrogen and oxygen atoms in total. The van der Waals surface area contributed by atoms with Gasteiger partial charge in [0.2, 0.25) is 5.91 Å². The highest BCUT2D eigenvalue weighted by atomic mass is 79.9. The Balaban J connectivity index is 2.58. The number of hydrogen-bond donors (Lipinski definition) is 2. The normalized spacial score (nSPS) is 11.5. The fourth-order valence-electron chi connectivity index (χ4n) is 1.41. The molecule has 1 rings (SSSR count). The van der Waals surface area contributed by atoms with Gasteiger partial charge in [0.25, 0.3) is 0 Å². The second-order valence-corrected chi connectivity index (χ2v) is 6.07. The minimum Gasteiger partial charge on any atom is -0.323 e. The summed E-state index contributed by atoms with van der Waals surface area (Å²) >= 11 is 3.02. The van der Waals surface area contributed by atoms with Crippen molar-refractivity contribution in [2.75, 3.05) is 11.9 Å². The molecule has 0 bridgehead atoms. The summed E-state index contributed by atoms with van der Waals surface area (Å²) in [6.07, 6.45) is 0.209. The summed E-state index contributed by atoms with van der Waals surface area (Å²) in [6, 6.07) is 1.83. The van der Waals surface area contributed by atoms with Crippen molar-refractivity contribution in [3.8, 4) is 0 Å². The Kier molecular flexibility index (Phi) is 5.43. The highest BCUT2D eigenvalue weighted by molar-refractivity contribution is 9.10. The van der Waals surface area contributed by atoms with Gasteiger partial charge in [-0.1, -0.05) is 0 Å². The summed E-state index contributed by atoms with van der Waals surface area (Å²) in [4.78, 5) is 11.7. The lowest BCUT2D eigenvalue weighted by Crippen LogP contribution is -2.37. The van der Waals surface area contributed by atoms with Crippen molar-refractivity contribution < 1.29 is 13.6 Å². The first-order valence-corrected chi connectivity index (χ1v) is 6.68. The standard InChI is InChI=1S/C13H17BrF2N2O/c1-13(2,3)17-5-4-11(19)18-12-9(14)6-8(15)7-10(12)16/h6-7,17H,4-5H2,1-3H3,(H,18,19). The number of halogens is 3. The molecule has 106 valence electrons. The van der Waals surface area contributed by atoms with Gasteiger partial charge in [-0.05, 0) is 42.8 Å². The lowest BCUT2D eigenvalue weighted by atomic mass is 10.1. The van der Waals surface area contributed by atoms with E-state index in [1.807, 2.05) is 20.8 Å². The Morgan fingerprint density at radius 1 is 1.32 bits per heavy atom. The molecule has 2 N–H and O–H groups in total. The van der Waals surface area contributed by atoms with Gasteiger partial charge in [-0.25, -0.2) is 8.78 Å². The molecule has 0 aliphatic rings. The third-order valence-electron chi connectivity index (χ3n) is 2.28. The van der Waals surface area contributed by atoms with Gasteiger partial charge in [0, 0.05) is 29.0 Å². The monoisotopic (exact) mass is 334 g/mol. The van der Waals surface area contributed by atoms with Crippen molar-refractivity contribution >= 4 is 27.5 Å². The van der Waals surface area contributed by atoms with Gasteiger partial charge < -0.3 is 10.6 Å². The molecule has 0 heterocycles. The second kappa shape index (κ2) is 6.43. The first kappa shape index (κ1) is 16.0. The molecule has 1 aromatic rings. The number of hydrogen-bond acceptors (Lipinski definition) is 2. The number of carbonyl (C=O) groups excluding carboxylic acids is 1. The summed E-state index contributed by atoms with van der Waals surface area (Å²) < 4.78 is 26.6. The van der Waals surface area contributed by atoms with Crippen LogP contribution in [-0.4, -0.2) is 18.0 Å². The average Bonchev–Trinajstić information content (AvgIpc) is 2.21. The zero-order valence-electron chi connectivity index (χ0n) is 11.1. The lowest BCUT2D eigenvalue weighted by Gasteiger charge is -2.20. The Morgan fingerprint density at radius 3 is 2.47 bits per heavy atom. The molecule has 0 saturated carbocycles. The van der Waals surface area contributed by atoms with Gasteiger partial charge in [0.15, 0.2) is 5.82 Å². The number of carbonyl (C=O) groups is 1. The summed E-state index contributed by atoms with van der Waals surface area (Å²) in [6.45, 7) is 6.44. The first-order valence-electron chi connectivity index (χ1n) is 5.88. The van der Waals surface area contributed by atoms with Crippen LogP contribution in [0.3, 0.4) is 0 Å². The average molecular weight is 335 g/mol. The summed E-state index contributed by atoms with van der Waals surface area (Å²) in [5, 5.41) is 5.58. The van der Waals surface area contributed by atoms with Gasteiger partial charge in [-0.3, -0.25) is 4.79 Å². The molecule has 0 aromatic heterocycles. The summed E-state index contributed by atoms with van der Waals surface area (Å²) in [7, 11) is 0. The molecule has 0 fully saturated rings. The minimum atomic E-state index is -0.802. The van der Waals surface area contributed by atoms with Crippen molar-refractivity contribution in [3.63, 3.8) is 0 Å². The van der Waals surface area contributed by atoms with Gasteiger partial charge in [0.05, 0.1) is 5.69 Å². The molecular formula is C13H17BrF2N2O. The van der Waals surface area contributed by atoms with Gasteiger partial charge in [-0.2, -0.15) is 0 Å². The predicted octanol–water partition coefficient (Wildman–Crippen LogP) is 3.44. The Hall–Kier alpha value is -1.01. The molecule has 0 saturated heterocycles. The second-order valence-electron chi connectivity index (χ2n) is 5.22. The van der Waals surface area contributed by atoms with Gasteiger partial charge in [0.1, 0.15) is 5.82 Å². The number of benzene rings is 1. The van der Waals surface area contributed by atoms with E-state index in [2.05, 4.69) is 26.6 Å². The molecule has 19 heavy (non-hydrogen) atoms. The molecular weight excluding hydrogens is 318 g/mol. The lowest BCUT2D eigenvalue weighted by molar-refractivity contribution is -0.116. The van der Waals surface area contributed by atoms with Crippen LogP contribution in [-0.2, 0) is 4.79 Å². The van der Waals surface area contributed by atoms with Crippen LogP contribution in [0.5, 0.6) is 0 Å². The molecule has 0 unspecified atom stereocenters. The van der Waals surface area contributed by atoms with E-state index < -0.39 is 11.6 Å². The summed E-state index contributed by atoms with van der Waals surface area (Å²) in [5.74, 6) is -1.83. The van der Waals surface area contributed by atoms with Crippen molar-refractivity contribution in [3.05, 3.63) is 28.2 Å². The maximum absolute atomic E-state index is 13.5. The maximum Gasteiger partial charge on any atom is 0.225 e. The smallest absolute Gasteiger partial charge is 0.225 e. The fraction of sp³-hybridized carbons (Fsp3) is 0.462. The Labute approximate surface area is 119 Å². The van der Waals surface area contributed by atoms with E-state index in [1.54, 1.807) is 0 Å². The molecule has 0 aliphatic heterocycles. The third kappa shape index (κ3) is 5.65. The van der Waals surface area contributed by atoms with Crippen molar-refractivity contribution in [1.82, 2.24) is 5.32 Å². The molecule has 0 aliphatic carbocycles. The number of amides is 1. The van der Waals surface area contributed by atoms with Crippen LogP contribution in [0.2, 0.25) is 0 Å². The van der Waals surface area contributed by atoms with E-state index >= 15 is 0 Å². The molecule has 0 spiro atoms. The predicted molar refractivity (Wildman–Crippen MR) is 75.1 cm³/mol. The van der Waals surface area contributed by atoms with Gasteiger partial charge in [-0.15, -0.1) is 0 Å². The number of anilines is 1. The summed E-state index contributed by atoms with van der Waals surface area (Å²) in [5.41, 5.74) is -0.121. The van der Waals surface area contributed by atoms with Crippen LogP contribution in [0, 0.1) is 11.6 Å². The van der Waals surface area contributed by atoms with E-state index in [-0.39, 0.29) is 28.0 Å². The van der Waals surface area contributed by atoms with E-state index in [1.165, 1.54) is 0 Å². The molecule has 1 aromatic carbocycles. The molecule has 0 radical (unpaired) electrons. The zero-order valence-corrected chi connectivity index (χ0v) is 12.7. The van der Waals surface area contributed by atoms with Crippen LogP contribution in [0.15, 0.2) is 16.6 Å². The molecule has 0 atom stereocenters. The van der Waals surface area contributed by atoms with E-state index in [0.717, 1.165) is 12.1 Å². The minimum absolute atomic E-state index is 0.0397. The Bertz CT molecular complexity index is 449. The van der Waals surface area contributed by atoms with E-state index in [0.29, 0.717) is 6.54 Å². The molecule has 6 heteroatoms. The number of nitrogens with one attached hydrogen (secondary N) is 2. The van der Waals surface area contributed by atoms with Crippen molar-refractivity contribution in [2.24, 2.45) is 0 Å². The quantitative estimate of drug-likeness (QED) is 0.885. The maximum atomic E-state index is 13.5. The number of rotatable bonds is 4. The van der Waals surface area contributed by atoms with Crippen LogP contribution >= 0.6 is 15.9 Å². The zero-order chi connectivity index (χ0) is 14.6. The van der Waals surface area contributed by atoms with Crippen LogP contribution < -0.4 is 10.6 Å². The Morgan fingerprint density at radius 2 is 1.95 bits per heavy atom. The van der Waals surface area contributed by atoms with Crippen molar-refractivity contribution in [1.29, 1.82) is 0 Å². The highest BCUT2D eigenvalue weighted by Gasteiger charge is 2.14.